The molecule has 98 valence electrons. The van der Waals surface area contributed by atoms with E-state index in [1.165, 1.54) is 4.88 Å². The Bertz CT molecular complexity index is 483. The van der Waals surface area contributed by atoms with Crippen molar-refractivity contribution in [1.82, 2.24) is 15.0 Å². The molecule has 2 aromatic rings. The number of rotatable bonds is 6. The quantitative estimate of drug-likeness (QED) is 0.671. The van der Waals surface area contributed by atoms with Crippen LogP contribution in [-0.4, -0.2) is 37.9 Å². The van der Waals surface area contributed by atoms with Crippen LogP contribution >= 0.6 is 11.3 Å². The molecule has 0 saturated carbocycles. The normalized spacial score (nSPS) is 12.8. The fourth-order valence-corrected chi connectivity index (χ4v) is 2.41. The Kier molecular flexibility index (Phi) is 4.43. The van der Waals surface area contributed by atoms with Gasteiger partial charge < -0.3 is 15.9 Å². The van der Waals surface area contributed by atoms with E-state index in [-0.39, 0.29) is 13.2 Å². The lowest BCUT2D eigenvalue weighted by Gasteiger charge is -2.10. The van der Waals surface area contributed by atoms with Crippen LogP contribution in [0.5, 0.6) is 0 Å². The van der Waals surface area contributed by atoms with Crippen LogP contribution in [0.1, 0.15) is 16.3 Å². The van der Waals surface area contributed by atoms with Gasteiger partial charge in [0.1, 0.15) is 0 Å². The molecule has 0 aliphatic rings. The minimum Gasteiger partial charge on any atom is -0.394 e. The molecule has 0 aliphatic carbocycles. The maximum Gasteiger partial charge on any atom is 0.0998 e. The summed E-state index contributed by atoms with van der Waals surface area (Å²) < 4.78 is 1.61. The summed E-state index contributed by atoms with van der Waals surface area (Å²) in [5, 5.41) is 28.3. The Morgan fingerprint density at radius 1 is 1.50 bits per heavy atom. The molecule has 1 unspecified atom stereocenters. The number of aliphatic hydroxyl groups excluding tert-OH is 2. The molecule has 0 aliphatic heterocycles. The molecule has 0 saturated heterocycles. The molecule has 2 aromatic heterocycles. The van der Waals surface area contributed by atoms with Gasteiger partial charge in [0.2, 0.25) is 0 Å². The Labute approximate surface area is 109 Å². The molecule has 4 N–H and O–H groups in total. The van der Waals surface area contributed by atoms with E-state index >= 15 is 0 Å². The van der Waals surface area contributed by atoms with Gasteiger partial charge in [-0.3, -0.25) is 0 Å². The van der Waals surface area contributed by atoms with E-state index in [4.69, 9.17) is 10.8 Å². The smallest absolute Gasteiger partial charge is 0.0998 e. The molecule has 2 rings (SSSR count). The van der Waals surface area contributed by atoms with Gasteiger partial charge in [-0.2, -0.15) is 0 Å². The second-order valence-corrected chi connectivity index (χ2v) is 4.99. The summed E-state index contributed by atoms with van der Waals surface area (Å²) in [6.07, 6.45) is -0.144. The fraction of sp³-hybridized carbons (Fsp3) is 0.455. The maximum atomic E-state index is 9.48. The highest BCUT2D eigenvalue weighted by atomic mass is 32.1. The number of nitrogens with zero attached hydrogens (tertiary/aromatic N) is 3. The fourth-order valence-electron chi connectivity index (χ4n) is 1.70. The van der Waals surface area contributed by atoms with E-state index in [0.29, 0.717) is 13.0 Å². The first-order valence-corrected chi connectivity index (χ1v) is 6.55. The highest BCUT2D eigenvalue weighted by Gasteiger charge is 2.15. The summed E-state index contributed by atoms with van der Waals surface area (Å²) >= 11 is 1.65. The van der Waals surface area contributed by atoms with Gasteiger partial charge in [0, 0.05) is 17.8 Å². The molecule has 0 amide bonds. The molecular formula is C11H16N4O2S. The molecule has 0 spiro atoms. The summed E-state index contributed by atoms with van der Waals surface area (Å²) in [7, 11) is 0. The van der Waals surface area contributed by atoms with E-state index in [9.17, 15) is 5.11 Å². The topological polar surface area (TPSA) is 97.2 Å². The third kappa shape index (κ3) is 2.94. The third-order valence-electron chi connectivity index (χ3n) is 2.63. The predicted octanol–water partition coefficient (Wildman–Crippen LogP) is -0.258. The van der Waals surface area contributed by atoms with Gasteiger partial charge in [-0.15, -0.1) is 16.4 Å². The molecule has 0 bridgehead atoms. The second kappa shape index (κ2) is 6.05. The molecule has 0 fully saturated rings. The standard InChI is InChI=1S/C11H16N4O2S/c12-5-10-11(4-9-2-1-3-18-9)15(14-13-10)6-8(17)7-16/h1-3,8,16-17H,4-7,12H2. The number of hydrogen-bond acceptors (Lipinski definition) is 6. The summed E-state index contributed by atoms with van der Waals surface area (Å²) in [6, 6.07) is 4.02. The van der Waals surface area contributed by atoms with Crippen LogP contribution in [0.2, 0.25) is 0 Å². The van der Waals surface area contributed by atoms with Crippen LogP contribution in [0, 0.1) is 0 Å². The number of aliphatic hydroxyl groups is 2. The second-order valence-electron chi connectivity index (χ2n) is 3.96. The molecule has 7 heteroatoms. The average molecular weight is 268 g/mol. The first-order chi connectivity index (χ1) is 8.74. The van der Waals surface area contributed by atoms with Gasteiger partial charge in [-0.05, 0) is 11.4 Å². The van der Waals surface area contributed by atoms with Crippen molar-refractivity contribution >= 4 is 11.3 Å². The zero-order valence-corrected chi connectivity index (χ0v) is 10.7. The molecule has 0 radical (unpaired) electrons. The Hall–Kier alpha value is -1.28. The predicted molar refractivity (Wildman–Crippen MR) is 68.1 cm³/mol. The van der Waals surface area contributed by atoms with Crippen LogP contribution < -0.4 is 5.73 Å². The maximum absolute atomic E-state index is 9.48. The van der Waals surface area contributed by atoms with Gasteiger partial charge in [0.15, 0.2) is 0 Å². The molecule has 0 aromatic carbocycles. The molecule has 2 heterocycles. The van der Waals surface area contributed by atoms with Crippen molar-refractivity contribution in [2.24, 2.45) is 5.73 Å². The minimum absolute atomic E-state index is 0.226. The van der Waals surface area contributed by atoms with E-state index in [0.717, 1.165) is 11.4 Å². The van der Waals surface area contributed by atoms with Crippen LogP contribution in [-0.2, 0) is 19.5 Å². The first kappa shape index (κ1) is 13.2. The van der Waals surface area contributed by atoms with Gasteiger partial charge in [-0.1, -0.05) is 11.3 Å². The Morgan fingerprint density at radius 3 is 2.94 bits per heavy atom. The number of aromatic nitrogens is 3. The zero-order chi connectivity index (χ0) is 13.0. The van der Waals surface area contributed by atoms with Crippen molar-refractivity contribution in [2.45, 2.75) is 25.6 Å². The van der Waals surface area contributed by atoms with E-state index < -0.39 is 6.10 Å². The average Bonchev–Trinajstić information content (AvgIpc) is 3.01. The minimum atomic E-state index is -0.834. The summed E-state index contributed by atoms with van der Waals surface area (Å²) in [5.74, 6) is 0. The van der Waals surface area contributed by atoms with Gasteiger partial charge in [0.25, 0.3) is 0 Å². The van der Waals surface area contributed by atoms with Crippen LogP contribution in [0.15, 0.2) is 17.5 Å². The van der Waals surface area contributed by atoms with Gasteiger partial charge in [0.05, 0.1) is 30.6 Å². The van der Waals surface area contributed by atoms with Gasteiger partial charge >= 0.3 is 0 Å². The lowest BCUT2D eigenvalue weighted by Crippen LogP contribution is -2.22. The van der Waals surface area contributed by atoms with E-state index in [1.807, 2.05) is 17.5 Å². The lowest BCUT2D eigenvalue weighted by atomic mass is 10.2. The van der Waals surface area contributed by atoms with Crippen molar-refractivity contribution in [3.05, 3.63) is 33.8 Å². The third-order valence-corrected chi connectivity index (χ3v) is 3.50. The van der Waals surface area contributed by atoms with Gasteiger partial charge in [-0.25, -0.2) is 4.68 Å². The van der Waals surface area contributed by atoms with Crippen LogP contribution in [0.3, 0.4) is 0 Å². The first-order valence-electron chi connectivity index (χ1n) is 5.67. The summed E-state index contributed by atoms with van der Waals surface area (Å²) in [4.78, 5) is 1.19. The molecule has 1 atom stereocenters. The monoisotopic (exact) mass is 268 g/mol. The van der Waals surface area contributed by atoms with Crippen LogP contribution in [0.25, 0.3) is 0 Å². The van der Waals surface area contributed by atoms with Crippen molar-refractivity contribution in [3.63, 3.8) is 0 Å². The highest BCUT2D eigenvalue weighted by molar-refractivity contribution is 7.09. The summed E-state index contributed by atoms with van der Waals surface area (Å²) in [5.41, 5.74) is 7.26. The van der Waals surface area contributed by atoms with Crippen molar-refractivity contribution in [1.29, 1.82) is 0 Å². The highest BCUT2D eigenvalue weighted by Crippen LogP contribution is 2.17. The van der Waals surface area contributed by atoms with E-state index in [1.54, 1.807) is 16.0 Å². The molecule has 18 heavy (non-hydrogen) atoms. The summed E-state index contributed by atoms with van der Waals surface area (Å²) in [6.45, 7) is 0.246. The number of hydrogen-bond donors (Lipinski definition) is 3. The van der Waals surface area contributed by atoms with Crippen molar-refractivity contribution < 1.29 is 10.2 Å². The van der Waals surface area contributed by atoms with Crippen molar-refractivity contribution in [2.75, 3.05) is 6.61 Å². The number of thiophene rings is 1. The molecular weight excluding hydrogens is 252 g/mol. The largest absolute Gasteiger partial charge is 0.394 e. The van der Waals surface area contributed by atoms with Crippen LogP contribution in [0.4, 0.5) is 0 Å². The molecule has 6 nitrogen and oxygen atoms in total. The zero-order valence-electron chi connectivity index (χ0n) is 9.86. The van der Waals surface area contributed by atoms with E-state index in [2.05, 4.69) is 10.3 Å². The SMILES string of the molecule is NCc1nnn(CC(O)CO)c1Cc1cccs1. The van der Waals surface area contributed by atoms with Crippen molar-refractivity contribution in [3.8, 4) is 0 Å². The Balaban J connectivity index is 2.22. The number of nitrogens with two attached hydrogens (primary N) is 1. The Morgan fingerprint density at radius 2 is 2.33 bits per heavy atom. The lowest BCUT2D eigenvalue weighted by molar-refractivity contribution is 0.0771.